The minimum atomic E-state index is -0.773. The normalized spacial score (nSPS) is 28.4. The summed E-state index contributed by atoms with van der Waals surface area (Å²) in [5.74, 6) is 1.14. The van der Waals surface area contributed by atoms with Gasteiger partial charge in [0.05, 0.1) is 12.0 Å². The first-order valence-corrected chi connectivity index (χ1v) is 7.50. The third-order valence-electron chi connectivity index (χ3n) is 5.03. The fourth-order valence-corrected chi connectivity index (χ4v) is 3.16. The van der Waals surface area contributed by atoms with Crippen molar-refractivity contribution in [3.05, 3.63) is 11.6 Å². The lowest BCUT2D eigenvalue weighted by Gasteiger charge is -2.18. The Morgan fingerprint density at radius 1 is 1.39 bits per heavy atom. The van der Waals surface area contributed by atoms with Gasteiger partial charge in [0.1, 0.15) is 6.54 Å². The summed E-state index contributed by atoms with van der Waals surface area (Å²) in [4.78, 5) is 42.8. The maximum Gasteiger partial charge on any atom is 0.362 e. The molecule has 3 amide bonds. The number of imide groups is 1. The topological polar surface area (TPSA) is 66.9 Å². The molecule has 0 aromatic heterocycles. The first-order chi connectivity index (χ1) is 10.6. The van der Waals surface area contributed by atoms with Gasteiger partial charge in [-0.3, -0.25) is 4.79 Å². The summed E-state index contributed by atoms with van der Waals surface area (Å²) in [6.45, 7) is 9.49. The number of urea groups is 1. The number of rotatable bonds is 4. The van der Waals surface area contributed by atoms with Crippen LogP contribution < -0.4 is 0 Å². The number of terminal acetylenes is 1. The molecule has 23 heavy (non-hydrogen) atoms. The van der Waals surface area contributed by atoms with Gasteiger partial charge in [-0.1, -0.05) is 36.5 Å². The third-order valence-corrected chi connectivity index (χ3v) is 5.03. The number of carbonyl (C=O) groups is 3. The van der Waals surface area contributed by atoms with Gasteiger partial charge in [0.25, 0.3) is 5.91 Å². The summed E-state index contributed by atoms with van der Waals surface area (Å²) in [7, 11) is 0. The zero-order chi connectivity index (χ0) is 17.6. The predicted octanol–water partition coefficient (Wildman–Crippen LogP) is 1.97. The summed E-state index contributed by atoms with van der Waals surface area (Å²) < 4.78 is 0. The summed E-state index contributed by atoms with van der Waals surface area (Å²) >= 11 is 0. The Morgan fingerprint density at radius 2 is 2.00 bits per heavy atom. The molecular weight excluding hydrogens is 296 g/mol. The van der Waals surface area contributed by atoms with E-state index in [1.54, 1.807) is 6.92 Å². The van der Waals surface area contributed by atoms with E-state index in [0.717, 1.165) is 10.5 Å². The quantitative estimate of drug-likeness (QED) is 0.451. The molecule has 0 radical (unpaired) electrons. The van der Waals surface area contributed by atoms with Crippen LogP contribution in [0.2, 0.25) is 0 Å². The van der Waals surface area contributed by atoms with E-state index in [1.807, 2.05) is 33.8 Å². The Labute approximate surface area is 136 Å². The number of hydrogen-bond donors (Lipinski definition) is 0. The van der Waals surface area contributed by atoms with E-state index in [4.69, 9.17) is 11.3 Å². The fraction of sp³-hybridized carbons (Fsp3) is 0.588. The predicted molar refractivity (Wildman–Crippen MR) is 83.5 cm³/mol. The Kier molecular flexibility index (Phi) is 4.02. The van der Waals surface area contributed by atoms with Crippen molar-refractivity contribution in [2.75, 3.05) is 13.1 Å². The van der Waals surface area contributed by atoms with Crippen molar-refractivity contribution < 1.29 is 19.2 Å². The third kappa shape index (κ3) is 2.50. The highest BCUT2D eigenvalue weighted by Gasteiger charge is 2.73. The van der Waals surface area contributed by atoms with Crippen molar-refractivity contribution in [1.82, 2.24) is 9.96 Å². The van der Waals surface area contributed by atoms with E-state index < -0.39 is 23.3 Å². The molecule has 1 aliphatic heterocycles. The van der Waals surface area contributed by atoms with Crippen molar-refractivity contribution in [1.29, 1.82) is 0 Å². The molecule has 0 aromatic carbocycles. The molecule has 124 valence electrons. The average molecular weight is 318 g/mol. The maximum absolute atomic E-state index is 12.6. The zero-order valence-electron chi connectivity index (χ0n) is 14.2. The van der Waals surface area contributed by atoms with Gasteiger partial charge >= 0.3 is 12.0 Å². The summed E-state index contributed by atoms with van der Waals surface area (Å²) in [6.07, 6.45) is 7.18. The first-order valence-electron chi connectivity index (χ1n) is 7.50. The van der Waals surface area contributed by atoms with Crippen molar-refractivity contribution in [2.45, 2.75) is 34.6 Å². The van der Waals surface area contributed by atoms with Crippen LogP contribution in [0.1, 0.15) is 34.6 Å². The van der Waals surface area contributed by atoms with E-state index in [0.29, 0.717) is 5.06 Å². The lowest BCUT2D eigenvalue weighted by atomic mass is 9.99. The van der Waals surface area contributed by atoms with Crippen molar-refractivity contribution >= 4 is 17.9 Å². The summed E-state index contributed by atoms with van der Waals surface area (Å²) in [5, 5.41) is 0.527. The van der Waals surface area contributed by atoms with Crippen LogP contribution >= 0.6 is 0 Å². The maximum atomic E-state index is 12.6. The van der Waals surface area contributed by atoms with Crippen LogP contribution in [0.4, 0.5) is 4.79 Å². The monoisotopic (exact) mass is 318 g/mol. The van der Waals surface area contributed by atoms with Crippen molar-refractivity contribution in [3.63, 3.8) is 0 Å². The van der Waals surface area contributed by atoms with Gasteiger partial charge in [-0.05, 0) is 32.1 Å². The molecule has 1 saturated heterocycles. The number of hydrogen-bond acceptors (Lipinski definition) is 4. The minimum Gasteiger partial charge on any atom is -0.328 e. The molecule has 6 heteroatoms. The second-order valence-electron chi connectivity index (χ2n) is 7.06. The van der Waals surface area contributed by atoms with Crippen LogP contribution in [0.3, 0.4) is 0 Å². The second-order valence-corrected chi connectivity index (χ2v) is 7.06. The van der Waals surface area contributed by atoms with Crippen LogP contribution in [0.15, 0.2) is 11.6 Å². The van der Waals surface area contributed by atoms with Gasteiger partial charge in [0.2, 0.25) is 0 Å². The standard InChI is InChI=1S/C17H22N2O4/c1-7-8-18-10-13(20)19(15(18)22)23-14(21)17(6)12(9-11(2)3)16(17,4)5/h1,9,12H,8,10H2,2-6H3. The molecule has 1 heterocycles. The number of amides is 3. The van der Waals surface area contributed by atoms with Gasteiger partial charge in [-0.15, -0.1) is 6.42 Å². The molecule has 2 atom stereocenters. The lowest BCUT2D eigenvalue weighted by molar-refractivity contribution is -0.188. The average Bonchev–Trinajstić information content (AvgIpc) is 2.73. The fourth-order valence-electron chi connectivity index (χ4n) is 3.16. The van der Waals surface area contributed by atoms with E-state index in [1.165, 1.54) is 0 Å². The molecule has 2 aliphatic rings. The molecule has 2 unspecified atom stereocenters. The Bertz CT molecular complexity index is 639. The highest BCUT2D eigenvalue weighted by atomic mass is 16.7. The Hall–Kier alpha value is -2.29. The van der Waals surface area contributed by atoms with Gasteiger partial charge in [-0.25, -0.2) is 9.59 Å². The lowest BCUT2D eigenvalue weighted by Crippen LogP contribution is -2.38. The smallest absolute Gasteiger partial charge is 0.328 e. The molecule has 0 bridgehead atoms. The number of nitrogens with zero attached hydrogens (tertiary/aromatic N) is 2. The SMILES string of the molecule is C#CCN1CC(=O)N(OC(=O)C2(C)C(C=C(C)C)C2(C)C)C1=O. The van der Waals surface area contributed by atoms with Gasteiger partial charge in [-0.2, -0.15) is 0 Å². The number of carbonyl (C=O) groups excluding carboxylic acids is 3. The molecule has 2 rings (SSSR count). The number of hydroxylamine groups is 2. The molecule has 6 nitrogen and oxygen atoms in total. The zero-order valence-corrected chi connectivity index (χ0v) is 14.2. The van der Waals surface area contributed by atoms with E-state index in [2.05, 4.69) is 5.92 Å². The van der Waals surface area contributed by atoms with Crippen LogP contribution in [0.25, 0.3) is 0 Å². The van der Waals surface area contributed by atoms with Crippen molar-refractivity contribution in [3.8, 4) is 12.3 Å². The van der Waals surface area contributed by atoms with E-state index in [-0.39, 0.29) is 24.4 Å². The van der Waals surface area contributed by atoms with Crippen LogP contribution in [0, 0.1) is 29.1 Å². The molecule has 0 N–H and O–H groups in total. The Morgan fingerprint density at radius 3 is 2.52 bits per heavy atom. The van der Waals surface area contributed by atoms with Crippen LogP contribution in [0.5, 0.6) is 0 Å². The highest BCUT2D eigenvalue weighted by Crippen LogP contribution is 2.70. The largest absolute Gasteiger partial charge is 0.362 e. The van der Waals surface area contributed by atoms with Gasteiger partial charge < -0.3 is 9.74 Å². The highest BCUT2D eigenvalue weighted by molar-refractivity contribution is 6.02. The van der Waals surface area contributed by atoms with Crippen LogP contribution in [-0.4, -0.2) is 41.0 Å². The number of allylic oxidation sites excluding steroid dienone is 2. The van der Waals surface area contributed by atoms with Gasteiger partial charge in [0, 0.05) is 0 Å². The summed E-state index contributed by atoms with van der Waals surface area (Å²) in [5.41, 5.74) is 0.0314. The molecule has 1 saturated carbocycles. The Balaban J connectivity index is 2.14. The molecule has 0 spiro atoms. The summed E-state index contributed by atoms with van der Waals surface area (Å²) in [6, 6.07) is -0.692. The van der Waals surface area contributed by atoms with E-state index >= 15 is 0 Å². The molecular formula is C17H22N2O4. The first kappa shape index (κ1) is 17.1. The van der Waals surface area contributed by atoms with Gasteiger partial charge in [0.15, 0.2) is 0 Å². The molecule has 2 fully saturated rings. The van der Waals surface area contributed by atoms with E-state index in [9.17, 15) is 14.4 Å². The molecule has 0 aromatic rings. The minimum absolute atomic E-state index is 0.00176. The van der Waals surface area contributed by atoms with Crippen LogP contribution in [-0.2, 0) is 14.4 Å². The molecule has 1 aliphatic carbocycles. The second kappa shape index (κ2) is 5.41. The van der Waals surface area contributed by atoms with Crippen molar-refractivity contribution in [2.24, 2.45) is 16.7 Å².